The van der Waals surface area contributed by atoms with Crippen molar-refractivity contribution in [3.63, 3.8) is 0 Å². The van der Waals surface area contributed by atoms with Gasteiger partial charge in [-0.3, -0.25) is 0 Å². The highest BCUT2D eigenvalue weighted by Gasteiger charge is 2.58. The highest BCUT2D eigenvalue weighted by atomic mass is 16.7. The number of imidazole rings is 1. The molecule has 1 aromatic heterocycles. The van der Waals surface area contributed by atoms with Crippen LogP contribution in [0.5, 0.6) is 0 Å². The van der Waals surface area contributed by atoms with Crippen LogP contribution < -0.4 is 5.73 Å². The van der Waals surface area contributed by atoms with Crippen molar-refractivity contribution in [2.24, 2.45) is 5.73 Å². The number of fused-ring (bicyclic) bond motifs is 2. The van der Waals surface area contributed by atoms with Crippen LogP contribution in [0, 0.1) is 0 Å². The van der Waals surface area contributed by atoms with E-state index in [-0.39, 0.29) is 13.2 Å². The third-order valence-corrected chi connectivity index (χ3v) is 3.55. The van der Waals surface area contributed by atoms with Crippen molar-refractivity contribution < 1.29 is 19.7 Å². The molecule has 2 aliphatic rings. The first-order chi connectivity index (χ1) is 8.18. The van der Waals surface area contributed by atoms with Crippen molar-refractivity contribution in [2.45, 2.75) is 30.1 Å². The van der Waals surface area contributed by atoms with Crippen LogP contribution >= 0.6 is 0 Å². The van der Waals surface area contributed by atoms with Crippen LogP contribution in [0.2, 0.25) is 0 Å². The molecule has 1 unspecified atom stereocenters. The van der Waals surface area contributed by atoms with E-state index in [1.807, 2.05) is 0 Å². The van der Waals surface area contributed by atoms with Crippen LogP contribution in [0.25, 0.3) is 0 Å². The summed E-state index contributed by atoms with van der Waals surface area (Å²) in [7, 11) is 0. The lowest BCUT2D eigenvalue weighted by molar-refractivity contribution is -0.231. The molecule has 0 aromatic carbocycles. The maximum atomic E-state index is 10.2. The van der Waals surface area contributed by atoms with Crippen LogP contribution in [0.15, 0.2) is 18.7 Å². The van der Waals surface area contributed by atoms with Crippen molar-refractivity contribution in [1.29, 1.82) is 0 Å². The van der Waals surface area contributed by atoms with E-state index >= 15 is 0 Å². The van der Waals surface area contributed by atoms with Crippen molar-refractivity contribution in [2.75, 3.05) is 13.2 Å². The number of nitrogens with zero attached hydrogens (tertiary/aromatic N) is 2. The van der Waals surface area contributed by atoms with E-state index in [4.69, 9.17) is 15.2 Å². The van der Waals surface area contributed by atoms with Crippen molar-refractivity contribution >= 4 is 0 Å². The van der Waals surface area contributed by atoms with Gasteiger partial charge in [-0.15, -0.1) is 0 Å². The SMILES string of the molecule is NC[C@@]12COC(O1)[C@H](n1ccnc1)[C@@H](O)[C@H]2O. The lowest BCUT2D eigenvalue weighted by atomic mass is 9.88. The number of aliphatic hydroxyl groups is 2. The Balaban J connectivity index is 1.94. The van der Waals surface area contributed by atoms with Crippen LogP contribution in [-0.2, 0) is 9.47 Å². The highest BCUT2D eigenvalue weighted by molar-refractivity contribution is 5.06. The van der Waals surface area contributed by atoms with Gasteiger partial charge in [-0.05, 0) is 0 Å². The third-order valence-electron chi connectivity index (χ3n) is 3.55. The number of hydrogen-bond acceptors (Lipinski definition) is 6. The maximum Gasteiger partial charge on any atom is 0.181 e. The molecule has 5 atom stereocenters. The van der Waals surface area contributed by atoms with Gasteiger partial charge >= 0.3 is 0 Å². The monoisotopic (exact) mass is 241 g/mol. The summed E-state index contributed by atoms with van der Waals surface area (Å²) in [5, 5.41) is 20.3. The van der Waals surface area contributed by atoms with Gasteiger partial charge in [0.15, 0.2) is 6.29 Å². The Morgan fingerprint density at radius 1 is 1.53 bits per heavy atom. The molecule has 94 valence electrons. The number of ether oxygens (including phenoxy) is 2. The minimum Gasteiger partial charge on any atom is -0.388 e. The number of hydrogen-bond donors (Lipinski definition) is 3. The molecule has 2 fully saturated rings. The fourth-order valence-electron chi connectivity index (χ4n) is 2.50. The van der Waals surface area contributed by atoms with Gasteiger partial charge in [-0.2, -0.15) is 0 Å². The van der Waals surface area contributed by atoms with Gasteiger partial charge < -0.3 is 30.0 Å². The van der Waals surface area contributed by atoms with Crippen LogP contribution in [-0.4, -0.2) is 57.0 Å². The van der Waals surface area contributed by atoms with Gasteiger partial charge in [0, 0.05) is 18.9 Å². The predicted octanol–water partition coefficient (Wildman–Crippen LogP) is -1.77. The molecular formula is C10H15N3O4. The second-order valence-electron chi connectivity index (χ2n) is 4.50. The molecule has 3 heterocycles. The Kier molecular flexibility index (Phi) is 2.46. The van der Waals surface area contributed by atoms with E-state index in [1.54, 1.807) is 23.3 Å². The molecule has 0 spiro atoms. The molecule has 2 aliphatic heterocycles. The Labute approximate surface area is 97.8 Å². The molecule has 1 aromatic rings. The molecule has 7 nitrogen and oxygen atoms in total. The second kappa shape index (κ2) is 3.76. The molecule has 0 radical (unpaired) electrons. The Morgan fingerprint density at radius 2 is 2.35 bits per heavy atom. The van der Waals surface area contributed by atoms with Gasteiger partial charge in [0.05, 0.1) is 12.9 Å². The predicted molar refractivity (Wildman–Crippen MR) is 55.9 cm³/mol. The lowest BCUT2D eigenvalue weighted by Gasteiger charge is -2.42. The smallest absolute Gasteiger partial charge is 0.181 e. The summed E-state index contributed by atoms with van der Waals surface area (Å²) in [6.07, 6.45) is 2.18. The number of rotatable bonds is 2. The number of nitrogens with two attached hydrogens (primary N) is 1. The second-order valence-corrected chi connectivity index (χ2v) is 4.50. The molecule has 7 heteroatoms. The molecule has 3 rings (SSSR count). The fourth-order valence-corrected chi connectivity index (χ4v) is 2.50. The lowest BCUT2D eigenvalue weighted by Crippen LogP contribution is -2.61. The zero-order chi connectivity index (χ0) is 12.0. The van der Waals surface area contributed by atoms with E-state index in [9.17, 15) is 10.2 Å². The topological polar surface area (TPSA) is 103 Å². The summed E-state index contributed by atoms with van der Waals surface area (Å²) in [5.41, 5.74) is 4.61. The van der Waals surface area contributed by atoms with Crippen molar-refractivity contribution in [3.05, 3.63) is 18.7 Å². The zero-order valence-corrected chi connectivity index (χ0v) is 9.14. The largest absolute Gasteiger partial charge is 0.388 e. The van der Waals surface area contributed by atoms with E-state index in [2.05, 4.69) is 4.98 Å². The highest BCUT2D eigenvalue weighted by Crippen LogP contribution is 2.41. The van der Waals surface area contributed by atoms with Crippen LogP contribution in [0.3, 0.4) is 0 Å². The molecule has 4 N–H and O–H groups in total. The minimum atomic E-state index is -1.07. The summed E-state index contributed by atoms with van der Waals surface area (Å²) in [6, 6.07) is -0.505. The molecule has 2 bridgehead atoms. The van der Waals surface area contributed by atoms with Crippen molar-refractivity contribution in [1.82, 2.24) is 9.55 Å². The molecule has 0 amide bonds. The third kappa shape index (κ3) is 1.44. The molecule has 0 aliphatic carbocycles. The summed E-state index contributed by atoms with van der Waals surface area (Å²) in [5.74, 6) is 0. The minimum absolute atomic E-state index is 0.109. The molecule has 17 heavy (non-hydrogen) atoms. The molecule has 0 saturated carbocycles. The number of aromatic nitrogens is 2. The van der Waals surface area contributed by atoms with Gasteiger partial charge in [-0.25, -0.2) is 4.98 Å². The van der Waals surface area contributed by atoms with Crippen LogP contribution in [0.4, 0.5) is 0 Å². The maximum absolute atomic E-state index is 10.2. The first-order valence-electron chi connectivity index (χ1n) is 5.51. The molecule has 2 saturated heterocycles. The Morgan fingerprint density at radius 3 is 3.00 bits per heavy atom. The number of aliphatic hydroxyl groups excluding tert-OH is 2. The Hall–Kier alpha value is -0.990. The van der Waals surface area contributed by atoms with E-state index in [0.717, 1.165) is 0 Å². The van der Waals surface area contributed by atoms with Gasteiger partial charge in [0.1, 0.15) is 23.9 Å². The quantitative estimate of drug-likeness (QED) is 0.566. The van der Waals surface area contributed by atoms with E-state index < -0.39 is 30.1 Å². The summed E-state index contributed by atoms with van der Waals surface area (Å²) in [6.45, 7) is 0.302. The van der Waals surface area contributed by atoms with Gasteiger partial charge in [-0.1, -0.05) is 0 Å². The first-order valence-corrected chi connectivity index (χ1v) is 5.51. The van der Waals surface area contributed by atoms with Crippen molar-refractivity contribution in [3.8, 4) is 0 Å². The van der Waals surface area contributed by atoms with E-state index in [0.29, 0.717) is 0 Å². The Bertz CT molecular complexity index is 398. The fraction of sp³-hybridized carbons (Fsp3) is 0.700. The summed E-state index contributed by atoms with van der Waals surface area (Å²) in [4.78, 5) is 3.91. The average Bonchev–Trinajstić information content (AvgIpc) is 2.96. The average molecular weight is 241 g/mol. The van der Waals surface area contributed by atoms with Gasteiger partial charge in [0.25, 0.3) is 0 Å². The normalized spacial score (nSPS) is 45.1. The zero-order valence-electron chi connectivity index (χ0n) is 9.14. The standard InChI is InChI=1S/C10H15N3O4/c11-3-10-4-16-9(17-10)6(7(14)8(10)15)13-2-1-12-5-13/h1-2,5-9,14-15H,3-4,11H2/t6-,7-,8-,9?,10+/m1/s1. The molecular weight excluding hydrogens is 226 g/mol. The summed E-state index contributed by atoms with van der Waals surface area (Å²) < 4.78 is 12.8. The summed E-state index contributed by atoms with van der Waals surface area (Å²) >= 11 is 0. The first kappa shape index (κ1) is 11.1. The van der Waals surface area contributed by atoms with E-state index in [1.165, 1.54) is 0 Å². The van der Waals surface area contributed by atoms with Crippen LogP contribution in [0.1, 0.15) is 6.04 Å². The van der Waals surface area contributed by atoms with Gasteiger partial charge in [0.2, 0.25) is 0 Å².